The van der Waals surface area contributed by atoms with Crippen LogP contribution in [0.5, 0.6) is 0 Å². The number of fused-ring (bicyclic) bond motifs is 1. The summed E-state index contributed by atoms with van der Waals surface area (Å²) < 4.78 is 27.1. The van der Waals surface area contributed by atoms with Crippen LogP contribution in [0, 0.1) is 0 Å². The van der Waals surface area contributed by atoms with E-state index < -0.39 is 16.1 Å². The van der Waals surface area contributed by atoms with E-state index in [1.54, 1.807) is 44.2 Å². The molecule has 7 nitrogen and oxygen atoms in total. The molecule has 1 heterocycles. The smallest absolute Gasteiger partial charge is 0.243 e. The lowest BCUT2D eigenvalue weighted by molar-refractivity contribution is -0.125. The van der Waals surface area contributed by atoms with E-state index in [-0.39, 0.29) is 29.7 Å². The van der Waals surface area contributed by atoms with Crippen LogP contribution in [0.15, 0.2) is 47.4 Å². The van der Waals surface area contributed by atoms with Crippen molar-refractivity contribution in [2.45, 2.75) is 44.7 Å². The van der Waals surface area contributed by atoms with Crippen molar-refractivity contribution in [2.75, 3.05) is 18.0 Å². The predicted molar refractivity (Wildman–Crippen MR) is 120 cm³/mol. The van der Waals surface area contributed by atoms with Crippen LogP contribution < -0.4 is 10.2 Å². The third-order valence-corrected chi connectivity index (χ3v) is 7.66. The van der Waals surface area contributed by atoms with Gasteiger partial charge in [-0.15, -0.1) is 0 Å². The maximum atomic E-state index is 12.9. The van der Waals surface area contributed by atoms with Gasteiger partial charge in [0.15, 0.2) is 0 Å². The number of carbonyl (C=O) groups is 2. The van der Waals surface area contributed by atoms with E-state index in [1.807, 2.05) is 6.07 Å². The van der Waals surface area contributed by atoms with Crippen molar-refractivity contribution in [3.05, 3.63) is 58.6 Å². The topological polar surface area (TPSA) is 86.8 Å². The molecule has 0 spiro atoms. The zero-order valence-corrected chi connectivity index (χ0v) is 19.3. The Bertz CT molecular complexity index is 1100. The first-order valence-electron chi connectivity index (χ1n) is 10.1. The minimum absolute atomic E-state index is 0.165. The van der Waals surface area contributed by atoms with Gasteiger partial charge in [0.1, 0.15) is 6.04 Å². The molecule has 0 aromatic heterocycles. The SMILES string of the molecule is CCN(CC)S(=O)(=O)c1ccc2c(c1)C[C@@H](C(=O)NCc1cccc(Cl)c1)N2C(C)=O. The Morgan fingerprint density at radius 3 is 2.48 bits per heavy atom. The van der Waals surface area contributed by atoms with E-state index in [9.17, 15) is 18.0 Å². The molecule has 2 aromatic carbocycles. The zero-order valence-electron chi connectivity index (χ0n) is 17.8. The number of carbonyl (C=O) groups excluding carboxylic acids is 2. The van der Waals surface area contributed by atoms with Gasteiger partial charge < -0.3 is 5.32 Å². The third kappa shape index (κ3) is 4.76. The first-order valence-corrected chi connectivity index (χ1v) is 12.0. The molecule has 2 amide bonds. The number of anilines is 1. The quantitative estimate of drug-likeness (QED) is 0.683. The molecule has 9 heteroatoms. The van der Waals surface area contributed by atoms with E-state index in [0.29, 0.717) is 29.4 Å². The lowest BCUT2D eigenvalue weighted by Gasteiger charge is -2.23. The Hall–Kier alpha value is -2.42. The van der Waals surface area contributed by atoms with Gasteiger partial charge in [0.25, 0.3) is 0 Å². The highest BCUT2D eigenvalue weighted by atomic mass is 35.5. The monoisotopic (exact) mass is 463 g/mol. The van der Waals surface area contributed by atoms with Gasteiger partial charge in [-0.1, -0.05) is 37.6 Å². The predicted octanol–water partition coefficient (Wildman–Crippen LogP) is 2.96. The summed E-state index contributed by atoms with van der Waals surface area (Å²) in [7, 11) is -3.63. The maximum Gasteiger partial charge on any atom is 0.243 e. The summed E-state index contributed by atoms with van der Waals surface area (Å²) in [4.78, 5) is 26.8. The maximum absolute atomic E-state index is 12.9. The fourth-order valence-electron chi connectivity index (χ4n) is 3.85. The Labute approximate surface area is 188 Å². The first-order chi connectivity index (χ1) is 14.7. The second-order valence-corrected chi connectivity index (χ2v) is 9.71. The van der Waals surface area contributed by atoms with Crippen molar-refractivity contribution in [1.82, 2.24) is 9.62 Å². The molecule has 2 aromatic rings. The van der Waals surface area contributed by atoms with Crippen LogP contribution in [0.3, 0.4) is 0 Å². The van der Waals surface area contributed by atoms with Gasteiger partial charge in [-0.3, -0.25) is 14.5 Å². The molecule has 0 saturated heterocycles. The molecular weight excluding hydrogens is 438 g/mol. The number of rotatable bonds is 7. The standard InChI is InChI=1S/C22H26ClN3O4S/c1-4-25(5-2)31(29,30)19-9-10-20-17(12-19)13-21(26(20)15(3)27)22(28)24-14-16-7-6-8-18(23)11-16/h6-12,21H,4-5,13-14H2,1-3H3,(H,24,28)/t21-/m0/s1. The molecule has 1 aliphatic heterocycles. The Morgan fingerprint density at radius 2 is 1.87 bits per heavy atom. The number of sulfonamides is 1. The molecule has 0 radical (unpaired) electrons. The minimum atomic E-state index is -3.63. The molecule has 0 saturated carbocycles. The van der Waals surface area contributed by atoms with Crippen LogP contribution in [-0.2, 0) is 32.6 Å². The molecule has 0 unspecified atom stereocenters. The fourth-order valence-corrected chi connectivity index (χ4v) is 5.58. The van der Waals surface area contributed by atoms with Gasteiger partial charge in [-0.25, -0.2) is 8.42 Å². The summed E-state index contributed by atoms with van der Waals surface area (Å²) in [5.74, 6) is -0.583. The van der Waals surface area contributed by atoms with Gasteiger partial charge in [-0.05, 0) is 41.5 Å². The number of benzene rings is 2. The minimum Gasteiger partial charge on any atom is -0.350 e. The molecule has 31 heavy (non-hydrogen) atoms. The average molecular weight is 464 g/mol. The van der Waals surface area contributed by atoms with E-state index in [0.717, 1.165) is 5.56 Å². The van der Waals surface area contributed by atoms with Crippen LogP contribution in [0.25, 0.3) is 0 Å². The largest absolute Gasteiger partial charge is 0.350 e. The van der Waals surface area contributed by atoms with Gasteiger partial charge in [-0.2, -0.15) is 4.31 Å². The molecule has 166 valence electrons. The summed E-state index contributed by atoms with van der Waals surface area (Å²) >= 11 is 5.99. The second-order valence-electron chi connectivity index (χ2n) is 7.34. The molecule has 1 aliphatic rings. The highest BCUT2D eigenvalue weighted by Gasteiger charge is 2.37. The van der Waals surface area contributed by atoms with Crippen molar-refractivity contribution in [3.63, 3.8) is 0 Å². The van der Waals surface area contributed by atoms with Crippen LogP contribution in [0.2, 0.25) is 5.02 Å². The number of nitrogens with zero attached hydrogens (tertiary/aromatic N) is 2. The molecule has 0 bridgehead atoms. The number of nitrogens with one attached hydrogen (secondary N) is 1. The second kappa shape index (κ2) is 9.38. The molecule has 1 N–H and O–H groups in total. The Kier molecular flexibility index (Phi) is 7.03. The van der Waals surface area contributed by atoms with E-state index in [1.165, 1.54) is 22.2 Å². The number of amides is 2. The summed E-state index contributed by atoms with van der Waals surface area (Å²) in [6, 6.07) is 11.1. The van der Waals surface area contributed by atoms with Crippen molar-refractivity contribution < 1.29 is 18.0 Å². The van der Waals surface area contributed by atoms with E-state index in [4.69, 9.17) is 11.6 Å². The van der Waals surface area contributed by atoms with Crippen LogP contribution in [0.1, 0.15) is 31.9 Å². The summed E-state index contributed by atoms with van der Waals surface area (Å²) in [6.07, 6.45) is 0.248. The summed E-state index contributed by atoms with van der Waals surface area (Å²) in [6.45, 7) is 5.97. The summed E-state index contributed by atoms with van der Waals surface area (Å²) in [5, 5.41) is 3.43. The lowest BCUT2D eigenvalue weighted by atomic mass is 10.1. The van der Waals surface area contributed by atoms with Crippen molar-refractivity contribution >= 4 is 39.1 Å². The van der Waals surface area contributed by atoms with Crippen LogP contribution >= 0.6 is 11.6 Å². The first kappa shape index (κ1) is 23.2. The van der Waals surface area contributed by atoms with Gasteiger partial charge in [0, 0.05) is 43.7 Å². The van der Waals surface area contributed by atoms with E-state index >= 15 is 0 Å². The molecule has 1 atom stereocenters. The Balaban J connectivity index is 1.84. The average Bonchev–Trinajstić information content (AvgIpc) is 3.12. The van der Waals surface area contributed by atoms with Gasteiger partial charge >= 0.3 is 0 Å². The van der Waals surface area contributed by atoms with Crippen molar-refractivity contribution in [3.8, 4) is 0 Å². The van der Waals surface area contributed by atoms with E-state index in [2.05, 4.69) is 5.32 Å². The van der Waals surface area contributed by atoms with Crippen LogP contribution in [-0.4, -0.2) is 43.7 Å². The number of hydrogen-bond acceptors (Lipinski definition) is 4. The number of halogens is 1. The normalized spacial score (nSPS) is 15.8. The molecular formula is C22H26ClN3O4S. The molecule has 0 aliphatic carbocycles. The van der Waals surface area contributed by atoms with Gasteiger partial charge in [0.2, 0.25) is 21.8 Å². The zero-order chi connectivity index (χ0) is 22.8. The summed E-state index contributed by atoms with van der Waals surface area (Å²) in [5.41, 5.74) is 2.07. The van der Waals surface area contributed by atoms with Crippen LogP contribution in [0.4, 0.5) is 5.69 Å². The van der Waals surface area contributed by atoms with Crippen molar-refractivity contribution in [1.29, 1.82) is 0 Å². The highest BCUT2D eigenvalue weighted by molar-refractivity contribution is 7.89. The third-order valence-electron chi connectivity index (χ3n) is 5.38. The number of hydrogen-bond donors (Lipinski definition) is 1. The molecule has 3 rings (SSSR count). The molecule has 0 fully saturated rings. The highest BCUT2D eigenvalue weighted by Crippen LogP contribution is 2.35. The Morgan fingerprint density at radius 1 is 1.16 bits per heavy atom. The fraction of sp³-hybridized carbons (Fsp3) is 0.364. The van der Waals surface area contributed by atoms with Crippen molar-refractivity contribution in [2.24, 2.45) is 0 Å². The van der Waals surface area contributed by atoms with Gasteiger partial charge in [0.05, 0.1) is 4.90 Å². The lowest BCUT2D eigenvalue weighted by Crippen LogP contribution is -2.47.